The number of allylic oxidation sites excluding steroid dienone is 1. The Morgan fingerprint density at radius 3 is 2.43 bits per heavy atom. The van der Waals surface area contributed by atoms with Crippen LogP contribution in [0.4, 0.5) is 10.1 Å². The van der Waals surface area contributed by atoms with E-state index in [1.807, 2.05) is 19.1 Å². The highest BCUT2D eigenvalue weighted by molar-refractivity contribution is 7.95. The number of halogens is 1. The first kappa shape index (κ1) is 16.7. The van der Waals surface area contributed by atoms with E-state index in [-0.39, 0.29) is 0 Å². The number of rotatable bonds is 5. The average Bonchev–Trinajstić information content (AvgIpc) is 2.56. The highest BCUT2D eigenvalue weighted by atomic mass is 32.2. The minimum atomic E-state index is -4.20. The van der Waals surface area contributed by atoms with Crippen molar-refractivity contribution in [3.8, 4) is 6.07 Å². The summed E-state index contributed by atoms with van der Waals surface area (Å²) in [6, 6.07) is 13.9. The summed E-state index contributed by atoms with van der Waals surface area (Å²) in [7, 11) is -4.20. The van der Waals surface area contributed by atoms with E-state index in [0.29, 0.717) is 5.69 Å². The van der Waals surface area contributed by atoms with Gasteiger partial charge in [-0.2, -0.15) is 5.26 Å². The second-order valence-electron chi connectivity index (χ2n) is 4.75. The minimum absolute atomic E-state index is 0.518. The van der Waals surface area contributed by atoms with Gasteiger partial charge in [-0.15, -0.1) is 0 Å². The Labute approximate surface area is 134 Å². The van der Waals surface area contributed by atoms with Crippen LogP contribution < -0.4 is 5.32 Å². The molecular weight excluding hydrogens is 315 g/mol. The van der Waals surface area contributed by atoms with Crippen molar-refractivity contribution in [1.82, 2.24) is 0 Å². The minimum Gasteiger partial charge on any atom is -0.360 e. The van der Waals surface area contributed by atoms with Gasteiger partial charge in [-0.1, -0.05) is 31.2 Å². The quantitative estimate of drug-likeness (QED) is 0.850. The van der Waals surface area contributed by atoms with E-state index in [4.69, 9.17) is 5.26 Å². The lowest BCUT2D eigenvalue weighted by Crippen LogP contribution is -2.07. The van der Waals surface area contributed by atoms with Gasteiger partial charge in [0.05, 0.1) is 0 Å². The smallest absolute Gasteiger partial charge is 0.220 e. The van der Waals surface area contributed by atoms with E-state index in [0.717, 1.165) is 30.3 Å². The number of nitriles is 1. The maximum Gasteiger partial charge on any atom is 0.220 e. The van der Waals surface area contributed by atoms with Crippen molar-refractivity contribution in [2.45, 2.75) is 18.2 Å². The number of nitrogens with one attached hydrogen (secondary N) is 1. The van der Waals surface area contributed by atoms with Crippen LogP contribution in [-0.4, -0.2) is 8.42 Å². The second-order valence-corrected chi connectivity index (χ2v) is 6.64. The molecule has 0 aliphatic carbocycles. The summed E-state index contributed by atoms with van der Waals surface area (Å²) in [6.45, 7) is 2.02. The molecule has 0 aliphatic rings. The van der Waals surface area contributed by atoms with Gasteiger partial charge in [0.25, 0.3) is 0 Å². The summed E-state index contributed by atoms with van der Waals surface area (Å²) < 4.78 is 38.4. The molecule has 0 bridgehead atoms. The van der Waals surface area contributed by atoms with Gasteiger partial charge in [-0.3, -0.25) is 0 Å². The normalized spacial score (nSPS) is 11.8. The fraction of sp³-hybridized carbons (Fsp3) is 0.118. The third-order valence-electron chi connectivity index (χ3n) is 3.26. The second kappa shape index (κ2) is 7.07. The molecule has 1 N–H and O–H groups in total. The van der Waals surface area contributed by atoms with E-state index < -0.39 is 25.5 Å². The molecule has 0 aliphatic heterocycles. The highest BCUT2D eigenvalue weighted by Crippen LogP contribution is 2.22. The lowest BCUT2D eigenvalue weighted by molar-refractivity contribution is 0.571. The number of hydrogen-bond donors (Lipinski definition) is 1. The molecule has 2 aromatic rings. The summed E-state index contributed by atoms with van der Waals surface area (Å²) in [5.74, 6) is -0.888. The molecule has 6 heteroatoms. The zero-order valence-corrected chi connectivity index (χ0v) is 13.3. The zero-order chi connectivity index (χ0) is 16.9. The number of aryl methyl sites for hydroxylation is 1. The van der Waals surface area contributed by atoms with Crippen LogP contribution in [-0.2, 0) is 16.3 Å². The Balaban J connectivity index is 2.31. The molecule has 4 nitrogen and oxygen atoms in total. The molecule has 0 heterocycles. The molecule has 0 saturated heterocycles. The molecule has 0 amide bonds. The predicted octanol–water partition coefficient (Wildman–Crippen LogP) is 3.64. The SMILES string of the molecule is CCc1ccc(NC=C(C#N)S(=O)(=O)c2ccccc2F)cc1. The Morgan fingerprint density at radius 1 is 1.22 bits per heavy atom. The van der Waals surface area contributed by atoms with Crippen LogP contribution in [0.25, 0.3) is 0 Å². The van der Waals surface area contributed by atoms with Gasteiger partial charge in [0.15, 0.2) is 4.91 Å². The lowest BCUT2D eigenvalue weighted by atomic mass is 10.1. The standard InChI is InChI=1S/C17H15FN2O2S/c1-2-13-7-9-14(10-8-13)20-12-15(11-19)23(21,22)17-6-4-3-5-16(17)18/h3-10,12,20H,2H2,1H3. The van der Waals surface area contributed by atoms with E-state index in [1.165, 1.54) is 12.1 Å². The maximum atomic E-state index is 13.7. The van der Waals surface area contributed by atoms with Crippen LogP contribution in [0.3, 0.4) is 0 Å². The number of sulfone groups is 1. The van der Waals surface area contributed by atoms with Crippen LogP contribution in [0.5, 0.6) is 0 Å². The molecule has 0 atom stereocenters. The van der Waals surface area contributed by atoms with Gasteiger partial charge in [0.1, 0.15) is 16.8 Å². The first-order chi connectivity index (χ1) is 11.0. The molecule has 0 aromatic heterocycles. The van der Waals surface area contributed by atoms with Gasteiger partial charge in [-0.05, 0) is 36.2 Å². The molecule has 0 fully saturated rings. The van der Waals surface area contributed by atoms with Crippen molar-refractivity contribution < 1.29 is 12.8 Å². The molecule has 2 rings (SSSR count). The van der Waals surface area contributed by atoms with Crippen molar-refractivity contribution in [3.63, 3.8) is 0 Å². The van der Waals surface area contributed by atoms with Gasteiger partial charge in [0.2, 0.25) is 9.84 Å². The molecule has 0 radical (unpaired) electrons. The monoisotopic (exact) mass is 330 g/mol. The van der Waals surface area contributed by atoms with Crippen molar-refractivity contribution >= 4 is 15.5 Å². The van der Waals surface area contributed by atoms with Crippen molar-refractivity contribution in [2.24, 2.45) is 0 Å². The Morgan fingerprint density at radius 2 is 1.87 bits per heavy atom. The first-order valence-electron chi connectivity index (χ1n) is 6.94. The van der Waals surface area contributed by atoms with Crippen LogP contribution >= 0.6 is 0 Å². The van der Waals surface area contributed by atoms with Crippen LogP contribution in [0.15, 0.2) is 64.5 Å². The van der Waals surface area contributed by atoms with Gasteiger partial charge >= 0.3 is 0 Å². The van der Waals surface area contributed by atoms with Crippen molar-refractivity contribution in [2.75, 3.05) is 5.32 Å². The summed E-state index contributed by atoms with van der Waals surface area (Å²) in [5.41, 5.74) is 1.78. The lowest BCUT2D eigenvalue weighted by Gasteiger charge is -2.06. The van der Waals surface area contributed by atoms with Gasteiger partial charge in [-0.25, -0.2) is 12.8 Å². The number of hydrogen-bond acceptors (Lipinski definition) is 4. The van der Waals surface area contributed by atoms with E-state index in [2.05, 4.69) is 5.32 Å². The molecule has 23 heavy (non-hydrogen) atoms. The maximum absolute atomic E-state index is 13.7. The van der Waals surface area contributed by atoms with Gasteiger partial charge in [0, 0.05) is 11.9 Å². The number of benzene rings is 2. The Kier molecular flexibility index (Phi) is 5.14. The van der Waals surface area contributed by atoms with E-state index in [1.54, 1.807) is 18.2 Å². The predicted molar refractivity (Wildman–Crippen MR) is 86.7 cm³/mol. The van der Waals surface area contributed by atoms with Crippen molar-refractivity contribution in [3.05, 3.63) is 71.0 Å². The number of anilines is 1. The molecule has 0 unspecified atom stereocenters. The topological polar surface area (TPSA) is 70.0 Å². The summed E-state index contributed by atoms with van der Waals surface area (Å²) in [5, 5.41) is 11.9. The highest BCUT2D eigenvalue weighted by Gasteiger charge is 2.24. The summed E-state index contributed by atoms with van der Waals surface area (Å²) in [4.78, 5) is -1.07. The molecule has 2 aromatic carbocycles. The fourth-order valence-corrected chi connectivity index (χ4v) is 3.09. The van der Waals surface area contributed by atoms with Crippen molar-refractivity contribution in [1.29, 1.82) is 5.26 Å². The first-order valence-corrected chi connectivity index (χ1v) is 8.42. The van der Waals surface area contributed by atoms with Crippen LogP contribution in [0.1, 0.15) is 12.5 Å². The third-order valence-corrected chi connectivity index (χ3v) is 4.96. The molecular formula is C17H15FN2O2S. The zero-order valence-electron chi connectivity index (χ0n) is 12.5. The van der Waals surface area contributed by atoms with Crippen LogP contribution in [0, 0.1) is 17.1 Å². The third kappa shape index (κ3) is 3.76. The Bertz CT molecular complexity index is 866. The fourth-order valence-electron chi connectivity index (χ4n) is 1.94. The Hall–Kier alpha value is -2.65. The largest absolute Gasteiger partial charge is 0.360 e. The summed E-state index contributed by atoms with van der Waals surface area (Å²) >= 11 is 0. The van der Waals surface area contributed by atoms with Gasteiger partial charge < -0.3 is 5.32 Å². The summed E-state index contributed by atoms with van der Waals surface area (Å²) in [6.07, 6.45) is 1.96. The number of nitrogens with zero attached hydrogens (tertiary/aromatic N) is 1. The molecule has 0 saturated carbocycles. The van der Waals surface area contributed by atoms with Crippen LogP contribution in [0.2, 0.25) is 0 Å². The average molecular weight is 330 g/mol. The van der Waals surface area contributed by atoms with E-state index >= 15 is 0 Å². The molecule has 0 spiro atoms. The van der Waals surface area contributed by atoms with E-state index in [9.17, 15) is 12.8 Å². The molecule has 118 valence electrons.